The highest BCUT2D eigenvalue weighted by Gasteiger charge is 2.59. The summed E-state index contributed by atoms with van der Waals surface area (Å²) in [4.78, 5) is 2.45. The Balaban J connectivity index is 1.93. The van der Waals surface area contributed by atoms with Crippen molar-refractivity contribution in [3.05, 3.63) is 0 Å². The van der Waals surface area contributed by atoms with Gasteiger partial charge in [0.15, 0.2) is 0 Å². The highest BCUT2D eigenvalue weighted by molar-refractivity contribution is 6.63. The molecule has 0 N–H and O–H groups in total. The second kappa shape index (κ2) is 4.28. The lowest BCUT2D eigenvalue weighted by Crippen LogP contribution is -2.65. The van der Waals surface area contributed by atoms with Crippen LogP contribution in [0.25, 0.3) is 0 Å². The van der Waals surface area contributed by atoms with E-state index in [1.807, 2.05) is 0 Å². The fraction of sp³-hybridized carbons (Fsp3) is 1.00. The summed E-state index contributed by atoms with van der Waals surface area (Å²) in [7, 11) is -2.44. The van der Waals surface area contributed by atoms with Crippen LogP contribution in [0.5, 0.6) is 0 Å². The molecule has 1 aliphatic carbocycles. The van der Waals surface area contributed by atoms with E-state index >= 15 is 0 Å². The van der Waals surface area contributed by atoms with Crippen LogP contribution in [0.1, 0.15) is 40.5 Å². The standard InChI is InChI=1S/C13H25NO3Si/c1-10-7-14-8-11(2)17-18(16-10,12-5-6-12)15-9-13(14,3)4/h10-12H,5-9H2,1-4H3. The summed E-state index contributed by atoms with van der Waals surface area (Å²) in [6, 6.07) is 0. The van der Waals surface area contributed by atoms with Gasteiger partial charge in [-0.2, -0.15) is 0 Å². The average Bonchev–Trinajstić information content (AvgIpc) is 3.05. The van der Waals surface area contributed by atoms with Crippen molar-refractivity contribution in [2.45, 2.75) is 63.8 Å². The van der Waals surface area contributed by atoms with Crippen molar-refractivity contribution < 1.29 is 13.3 Å². The molecule has 4 fully saturated rings. The lowest BCUT2D eigenvalue weighted by Gasteiger charge is -2.50. The van der Waals surface area contributed by atoms with Gasteiger partial charge in [0.25, 0.3) is 0 Å². The minimum Gasteiger partial charge on any atom is -0.371 e. The first kappa shape index (κ1) is 13.1. The Morgan fingerprint density at radius 2 is 1.61 bits per heavy atom. The molecule has 0 amide bonds. The van der Waals surface area contributed by atoms with Gasteiger partial charge in [0.1, 0.15) is 0 Å². The van der Waals surface area contributed by atoms with Gasteiger partial charge < -0.3 is 13.3 Å². The predicted octanol–water partition coefficient (Wildman–Crippen LogP) is 2.02. The summed E-state index contributed by atoms with van der Waals surface area (Å²) in [5.41, 5.74) is 0.645. The minimum absolute atomic E-state index is 0.0865. The Hall–Kier alpha value is 0.0569. The molecule has 2 unspecified atom stereocenters. The molecule has 4 nitrogen and oxygen atoms in total. The van der Waals surface area contributed by atoms with Gasteiger partial charge in [-0.1, -0.05) is 0 Å². The SMILES string of the molecule is CC1CN2CC(C)O[Si](C3CC3)(OCC2(C)C)O1. The molecule has 0 radical (unpaired) electrons. The molecule has 1 saturated carbocycles. The number of rotatable bonds is 1. The zero-order chi connectivity index (χ0) is 13.0. The van der Waals surface area contributed by atoms with E-state index in [0.717, 1.165) is 19.7 Å². The van der Waals surface area contributed by atoms with E-state index in [1.165, 1.54) is 12.8 Å². The lowest BCUT2D eigenvalue weighted by molar-refractivity contribution is -0.102. The number of nitrogens with zero attached hydrogens (tertiary/aromatic N) is 1. The molecule has 4 rings (SSSR count). The summed E-state index contributed by atoms with van der Waals surface area (Å²) < 4.78 is 18.9. The quantitative estimate of drug-likeness (QED) is 0.683. The van der Waals surface area contributed by atoms with Gasteiger partial charge in [-0.25, -0.2) is 0 Å². The molecule has 0 aromatic heterocycles. The highest BCUT2D eigenvalue weighted by Crippen LogP contribution is 2.49. The van der Waals surface area contributed by atoms with Crippen LogP contribution in [0.3, 0.4) is 0 Å². The smallest absolute Gasteiger partial charge is 0.371 e. The van der Waals surface area contributed by atoms with Gasteiger partial charge in [0.2, 0.25) is 0 Å². The summed E-state index contributed by atoms with van der Waals surface area (Å²) >= 11 is 0. The van der Waals surface area contributed by atoms with Crippen molar-refractivity contribution in [3.8, 4) is 0 Å². The molecule has 3 saturated heterocycles. The van der Waals surface area contributed by atoms with E-state index in [9.17, 15) is 0 Å². The van der Waals surface area contributed by atoms with Gasteiger partial charge in [-0.05, 0) is 40.5 Å². The van der Waals surface area contributed by atoms with Crippen LogP contribution >= 0.6 is 0 Å². The van der Waals surface area contributed by atoms with E-state index in [0.29, 0.717) is 5.54 Å². The van der Waals surface area contributed by atoms with Crippen LogP contribution in [0, 0.1) is 0 Å². The first-order valence-electron chi connectivity index (χ1n) is 7.16. The van der Waals surface area contributed by atoms with E-state index in [4.69, 9.17) is 13.3 Å². The Kier molecular flexibility index (Phi) is 3.10. The van der Waals surface area contributed by atoms with E-state index in [2.05, 4.69) is 32.6 Å². The number of fused-ring (bicyclic) bond motifs is 6. The molecule has 0 aromatic carbocycles. The molecular formula is C13H25NO3Si. The van der Waals surface area contributed by atoms with Gasteiger partial charge in [-0.3, -0.25) is 4.90 Å². The van der Waals surface area contributed by atoms with Gasteiger partial charge in [0, 0.05) is 24.2 Å². The van der Waals surface area contributed by atoms with Crippen LogP contribution in [0.4, 0.5) is 0 Å². The first-order valence-corrected chi connectivity index (χ1v) is 8.96. The largest absolute Gasteiger partial charge is 0.504 e. The average molecular weight is 271 g/mol. The van der Waals surface area contributed by atoms with Crippen LogP contribution in [0.2, 0.25) is 5.54 Å². The summed E-state index contributed by atoms with van der Waals surface area (Å²) in [6.07, 6.45) is 2.86. The molecular weight excluding hydrogens is 246 g/mol. The fourth-order valence-corrected chi connectivity index (χ4v) is 6.55. The third-order valence-corrected chi connectivity index (χ3v) is 7.83. The molecule has 104 valence electrons. The Morgan fingerprint density at radius 1 is 1.06 bits per heavy atom. The maximum Gasteiger partial charge on any atom is 0.504 e. The molecule has 4 aliphatic rings. The zero-order valence-electron chi connectivity index (χ0n) is 11.9. The van der Waals surface area contributed by atoms with Crippen molar-refractivity contribution in [2.75, 3.05) is 19.7 Å². The third-order valence-electron chi connectivity index (χ3n) is 4.25. The summed E-state index contributed by atoms with van der Waals surface area (Å²) in [5, 5.41) is 0. The molecule has 0 aromatic rings. The third kappa shape index (κ3) is 2.27. The maximum atomic E-state index is 6.29. The van der Waals surface area contributed by atoms with Gasteiger partial charge in [0.05, 0.1) is 18.8 Å². The van der Waals surface area contributed by atoms with E-state index in [1.54, 1.807) is 0 Å². The Bertz CT molecular complexity index is 318. The monoisotopic (exact) mass is 271 g/mol. The Morgan fingerprint density at radius 3 is 2.11 bits per heavy atom. The Labute approximate surface area is 111 Å². The van der Waals surface area contributed by atoms with E-state index < -0.39 is 8.80 Å². The first-order chi connectivity index (χ1) is 8.41. The van der Waals surface area contributed by atoms with Gasteiger partial charge in [-0.15, -0.1) is 0 Å². The molecule has 2 atom stereocenters. The highest BCUT2D eigenvalue weighted by atomic mass is 28.4. The van der Waals surface area contributed by atoms with Crippen molar-refractivity contribution in [2.24, 2.45) is 0 Å². The number of hydrogen-bond donors (Lipinski definition) is 0. The maximum absolute atomic E-state index is 6.29. The van der Waals surface area contributed by atoms with Crippen molar-refractivity contribution >= 4 is 8.80 Å². The molecule has 2 bridgehead atoms. The number of hydrogen-bond acceptors (Lipinski definition) is 4. The molecule has 3 heterocycles. The fourth-order valence-electron chi connectivity index (χ4n) is 3.04. The summed E-state index contributed by atoms with van der Waals surface area (Å²) in [5.74, 6) is 0. The summed E-state index contributed by atoms with van der Waals surface area (Å²) in [6.45, 7) is 11.6. The van der Waals surface area contributed by atoms with Crippen LogP contribution in [0.15, 0.2) is 0 Å². The second-order valence-corrected chi connectivity index (χ2v) is 9.52. The minimum atomic E-state index is -2.44. The van der Waals surface area contributed by atoms with Crippen molar-refractivity contribution in [3.63, 3.8) is 0 Å². The zero-order valence-corrected chi connectivity index (χ0v) is 12.9. The van der Waals surface area contributed by atoms with Gasteiger partial charge >= 0.3 is 8.80 Å². The van der Waals surface area contributed by atoms with Crippen molar-refractivity contribution in [1.29, 1.82) is 0 Å². The predicted molar refractivity (Wildman–Crippen MR) is 71.4 cm³/mol. The topological polar surface area (TPSA) is 30.9 Å². The molecule has 5 heteroatoms. The lowest BCUT2D eigenvalue weighted by atomic mass is 10.0. The molecule has 0 spiro atoms. The molecule has 3 aliphatic heterocycles. The molecule has 18 heavy (non-hydrogen) atoms. The van der Waals surface area contributed by atoms with Crippen LogP contribution < -0.4 is 0 Å². The van der Waals surface area contributed by atoms with Crippen molar-refractivity contribution in [1.82, 2.24) is 4.90 Å². The normalized spacial score (nSPS) is 48.3. The van der Waals surface area contributed by atoms with Crippen LogP contribution in [-0.4, -0.2) is 51.1 Å². The van der Waals surface area contributed by atoms with Crippen LogP contribution in [-0.2, 0) is 13.3 Å². The van der Waals surface area contributed by atoms with E-state index in [-0.39, 0.29) is 17.7 Å². The second-order valence-electron chi connectivity index (χ2n) is 6.74.